The van der Waals surface area contributed by atoms with E-state index in [1.54, 1.807) is 0 Å². The average Bonchev–Trinajstić information content (AvgIpc) is 3.20. The Kier molecular flexibility index (Phi) is 5.61. The number of ether oxygens (including phenoxy) is 2. The van der Waals surface area contributed by atoms with Gasteiger partial charge in [0.05, 0.1) is 18.8 Å². The van der Waals surface area contributed by atoms with E-state index in [1.807, 2.05) is 0 Å². The second-order valence-corrected chi connectivity index (χ2v) is 14.6. The normalized spacial score (nSPS) is 57.0. The maximum absolute atomic E-state index is 11.3. The summed E-state index contributed by atoms with van der Waals surface area (Å²) >= 11 is 0. The predicted molar refractivity (Wildman–Crippen MR) is 128 cm³/mol. The maximum atomic E-state index is 11.3. The minimum atomic E-state index is -4.38. The summed E-state index contributed by atoms with van der Waals surface area (Å²) < 4.78 is 50.1. The van der Waals surface area contributed by atoms with Crippen LogP contribution in [0.15, 0.2) is 0 Å². The van der Waals surface area contributed by atoms with E-state index < -0.39 is 10.4 Å². The van der Waals surface area contributed by atoms with E-state index in [1.165, 1.54) is 32.1 Å². The third kappa shape index (κ3) is 3.50. The molecule has 0 aromatic carbocycles. The molecule has 0 radical (unpaired) electrons. The van der Waals surface area contributed by atoms with E-state index in [0.29, 0.717) is 47.0 Å². The van der Waals surface area contributed by atoms with Crippen LogP contribution in [0.3, 0.4) is 0 Å². The second kappa shape index (κ2) is 7.89. The summed E-state index contributed by atoms with van der Waals surface area (Å²) in [5.41, 5.74) is 0.576. The minimum Gasteiger partial charge on any atom is -0.349 e. The van der Waals surface area contributed by atoms with Gasteiger partial charge in [-0.3, -0.25) is 4.55 Å². The first-order chi connectivity index (χ1) is 16.0. The molecule has 12 atom stereocenters. The van der Waals surface area contributed by atoms with Gasteiger partial charge in [-0.25, -0.2) is 4.18 Å². The zero-order valence-corrected chi connectivity index (χ0v) is 22.2. The first-order valence-electron chi connectivity index (χ1n) is 13.9. The van der Waals surface area contributed by atoms with Gasteiger partial charge in [0, 0.05) is 12.3 Å². The topological polar surface area (TPSA) is 82.1 Å². The summed E-state index contributed by atoms with van der Waals surface area (Å²) in [6, 6.07) is 0. The summed E-state index contributed by atoms with van der Waals surface area (Å²) in [6.07, 6.45) is 10.8. The Balaban J connectivity index is 1.20. The molecule has 4 aliphatic carbocycles. The molecule has 1 spiro atoms. The fraction of sp³-hybridized carbons (Fsp3) is 1.00. The van der Waals surface area contributed by atoms with E-state index in [0.717, 1.165) is 44.6 Å². The Labute approximate surface area is 205 Å². The second-order valence-electron chi connectivity index (χ2n) is 13.6. The van der Waals surface area contributed by atoms with Gasteiger partial charge in [-0.1, -0.05) is 27.7 Å². The van der Waals surface area contributed by atoms with E-state index in [9.17, 15) is 13.0 Å². The smallest absolute Gasteiger partial charge is 0.349 e. The lowest BCUT2D eigenvalue weighted by atomic mass is 9.44. The molecule has 2 aliphatic heterocycles. The number of rotatable bonds is 2. The van der Waals surface area contributed by atoms with Crippen LogP contribution in [-0.2, 0) is 24.1 Å². The van der Waals surface area contributed by atoms with E-state index in [-0.39, 0.29) is 17.3 Å². The van der Waals surface area contributed by atoms with Gasteiger partial charge in [0.2, 0.25) is 0 Å². The zero-order valence-electron chi connectivity index (χ0n) is 21.4. The van der Waals surface area contributed by atoms with Crippen molar-refractivity contribution in [2.24, 2.45) is 52.3 Å². The Morgan fingerprint density at radius 1 is 0.912 bits per heavy atom. The number of hydrogen-bond donors (Lipinski definition) is 1. The monoisotopic (exact) mass is 496 g/mol. The summed E-state index contributed by atoms with van der Waals surface area (Å²) in [4.78, 5) is 0. The highest BCUT2D eigenvalue weighted by molar-refractivity contribution is 7.80. The Morgan fingerprint density at radius 3 is 2.38 bits per heavy atom. The zero-order chi connectivity index (χ0) is 24.1. The van der Waals surface area contributed by atoms with Crippen molar-refractivity contribution in [1.82, 2.24) is 0 Å². The lowest BCUT2D eigenvalue weighted by molar-refractivity contribution is -0.273. The minimum absolute atomic E-state index is 0.247. The van der Waals surface area contributed by atoms with Crippen molar-refractivity contribution >= 4 is 10.4 Å². The molecular formula is C27H44O6S. The highest BCUT2D eigenvalue weighted by atomic mass is 32.3. The third-order valence-corrected chi connectivity index (χ3v) is 12.7. The largest absolute Gasteiger partial charge is 0.397 e. The Hall–Kier alpha value is -0.210. The first-order valence-corrected chi connectivity index (χ1v) is 15.3. The molecule has 1 N–H and O–H groups in total. The fourth-order valence-corrected chi connectivity index (χ4v) is 11.0. The Bertz CT molecular complexity index is 912. The number of fused-ring (bicyclic) bond motifs is 7. The lowest BCUT2D eigenvalue weighted by Gasteiger charge is -2.61. The molecule has 2 saturated heterocycles. The van der Waals surface area contributed by atoms with Gasteiger partial charge in [-0.15, -0.1) is 0 Å². The van der Waals surface area contributed by atoms with Crippen molar-refractivity contribution in [3.05, 3.63) is 0 Å². The molecule has 6 nitrogen and oxygen atoms in total. The molecule has 0 aromatic rings. The van der Waals surface area contributed by atoms with Gasteiger partial charge in [-0.2, -0.15) is 8.42 Å². The van der Waals surface area contributed by atoms with Gasteiger partial charge in [-0.05, 0) is 104 Å². The Morgan fingerprint density at radius 2 is 1.68 bits per heavy atom. The van der Waals surface area contributed by atoms with Crippen molar-refractivity contribution in [1.29, 1.82) is 0 Å². The highest BCUT2D eigenvalue weighted by Crippen LogP contribution is 2.71. The van der Waals surface area contributed by atoms with Crippen LogP contribution in [0.25, 0.3) is 0 Å². The first kappa shape index (κ1) is 24.1. The molecule has 4 saturated carbocycles. The van der Waals surface area contributed by atoms with Crippen molar-refractivity contribution < 1.29 is 26.6 Å². The van der Waals surface area contributed by atoms with Gasteiger partial charge >= 0.3 is 10.4 Å². The van der Waals surface area contributed by atoms with Crippen LogP contribution in [0.5, 0.6) is 0 Å². The van der Waals surface area contributed by atoms with Crippen LogP contribution in [0.4, 0.5) is 0 Å². The summed E-state index contributed by atoms with van der Waals surface area (Å²) in [5, 5.41) is 0. The molecule has 0 aromatic heterocycles. The van der Waals surface area contributed by atoms with E-state index in [2.05, 4.69) is 27.7 Å². The SMILES string of the molecule is CC1C2C(CC3C4CCC5C[C@@H](OS(=O)(=O)O)CC[C@]5(C)C4CC[C@@]32C)O[C@]12CC[C@H](C)CO2. The third-order valence-electron chi connectivity index (χ3n) is 12.1. The van der Waals surface area contributed by atoms with Crippen molar-refractivity contribution in [3.8, 4) is 0 Å². The van der Waals surface area contributed by atoms with Gasteiger partial charge in [0.25, 0.3) is 0 Å². The predicted octanol–water partition coefficient (Wildman–Crippen LogP) is 5.62. The van der Waals surface area contributed by atoms with Gasteiger partial charge < -0.3 is 9.47 Å². The lowest BCUT2D eigenvalue weighted by Crippen LogP contribution is -2.55. The van der Waals surface area contributed by atoms with E-state index >= 15 is 0 Å². The molecule has 7 heteroatoms. The van der Waals surface area contributed by atoms with Crippen LogP contribution in [0, 0.1) is 52.3 Å². The summed E-state index contributed by atoms with van der Waals surface area (Å²) in [5.74, 6) is 3.97. The van der Waals surface area contributed by atoms with Crippen LogP contribution >= 0.6 is 0 Å². The van der Waals surface area contributed by atoms with Crippen molar-refractivity contribution in [3.63, 3.8) is 0 Å². The highest BCUT2D eigenvalue weighted by Gasteiger charge is 2.69. The quantitative estimate of drug-likeness (QED) is 0.500. The van der Waals surface area contributed by atoms with Crippen molar-refractivity contribution in [2.45, 2.75) is 110 Å². The van der Waals surface area contributed by atoms with E-state index in [4.69, 9.17) is 13.7 Å². The standard InChI is InChI=1S/C27H44O6S/c1-16-7-12-27(31-15-16)17(2)24-23(32-27)14-22-20-6-5-18-13-19(33-34(28,29)30)8-10-25(18,3)21(20)9-11-26(22,24)4/h16-24H,5-15H2,1-4H3,(H,28,29,30)/t16-,17?,18?,19-,20?,21?,22?,23?,24?,25-,26-,27+/m0/s1. The molecule has 6 aliphatic rings. The van der Waals surface area contributed by atoms with Crippen LogP contribution in [-0.4, -0.2) is 37.6 Å². The average molecular weight is 497 g/mol. The molecular weight excluding hydrogens is 452 g/mol. The van der Waals surface area contributed by atoms with Crippen LogP contribution in [0.2, 0.25) is 0 Å². The fourth-order valence-electron chi connectivity index (χ4n) is 10.5. The molecule has 2 heterocycles. The van der Waals surface area contributed by atoms with Crippen LogP contribution in [0.1, 0.15) is 91.9 Å². The van der Waals surface area contributed by atoms with Crippen LogP contribution < -0.4 is 0 Å². The summed E-state index contributed by atoms with van der Waals surface area (Å²) in [6.45, 7) is 10.6. The molecule has 6 rings (SSSR count). The van der Waals surface area contributed by atoms with Gasteiger partial charge in [0.1, 0.15) is 0 Å². The molecule has 6 fully saturated rings. The molecule has 34 heavy (non-hydrogen) atoms. The van der Waals surface area contributed by atoms with Crippen molar-refractivity contribution in [2.75, 3.05) is 6.61 Å². The summed E-state index contributed by atoms with van der Waals surface area (Å²) in [7, 11) is -4.38. The molecule has 0 bridgehead atoms. The molecule has 194 valence electrons. The molecule has 7 unspecified atom stereocenters. The molecule has 0 amide bonds. The van der Waals surface area contributed by atoms with Gasteiger partial charge in [0.15, 0.2) is 5.79 Å². The maximum Gasteiger partial charge on any atom is 0.397 e. The number of hydrogen-bond acceptors (Lipinski definition) is 5.